The molecule has 0 unspecified atom stereocenters. The summed E-state index contributed by atoms with van der Waals surface area (Å²) in [4.78, 5) is 34.4. The number of benzene rings is 1. The van der Waals surface area contributed by atoms with Crippen LogP contribution in [0.4, 0.5) is 5.69 Å². The Hall–Kier alpha value is -2.37. The minimum Gasteiger partial charge on any atom is -0.368 e. The summed E-state index contributed by atoms with van der Waals surface area (Å²) >= 11 is 0. The Balaban J connectivity index is 2.78. The van der Waals surface area contributed by atoms with E-state index >= 15 is 0 Å². The van der Waals surface area contributed by atoms with Gasteiger partial charge in [0.25, 0.3) is 5.91 Å². The van der Waals surface area contributed by atoms with Gasteiger partial charge in [0, 0.05) is 18.2 Å². The van der Waals surface area contributed by atoms with Crippen LogP contribution in [-0.4, -0.2) is 23.8 Å². The summed E-state index contributed by atoms with van der Waals surface area (Å²) in [6.45, 7) is 5.19. The molecule has 0 fully saturated rings. The lowest BCUT2D eigenvalue weighted by Crippen LogP contribution is -2.48. The highest BCUT2D eigenvalue weighted by molar-refractivity contribution is 5.98. The van der Waals surface area contributed by atoms with Crippen molar-refractivity contribution in [1.29, 1.82) is 0 Å². The van der Waals surface area contributed by atoms with Crippen molar-refractivity contribution in [3.8, 4) is 0 Å². The van der Waals surface area contributed by atoms with Crippen LogP contribution in [0.25, 0.3) is 0 Å². The molecule has 6 heteroatoms. The highest BCUT2D eigenvalue weighted by Crippen LogP contribution is 2.12. The largest absolute Gasteiger partial charge is 0.368 e. The molecule has 0 aliphatic heterocycles. The maximum atomic E-state index is 12.1. The van der Waals surface area contributed by atoms with Crippen LogP contribution >= 0.6 is 0 Å². The van der Waals surface area contributed by atoms with Crippen LogP contribution in [0.1, 0.15) is 37.6 Å². The molecule has 3 amide bonds. The molecule has 0 radical (unpaired) electrons. The van der Waals surface area contributed by atoms with Gasteiger partial charge in [0.05, 0.1) is 0 Å². The maximum absolute atomic E-state index is 12.1. The molecule has 114 valence electrons. The molecule has 6 nitrogen and oxygen atoms in total. The van der Waals surface area contributed by atoms with Gasteiger partial charge in [-0.05, 0) is 30.2 Å². The van der Waals surface area contributed by atoms with Gasteiger partial charge in [-0.15, -0.1) is 0 Å². The zero-order valence-corrected chi connectivity index (χ0v) is 12.5. The first-order valence-corrected chi connectivity index (χ1v) is 6.83. The molecule has 0 aromatic heterocycles. The lowest BCUT2D eigenvalue weighted by molar-refractivity contribution is -0.121. The van der Waals surface area contributed by atoms with E-state index < -0.39 is 11.9 Å². The zero-order chi connectivity index (χ0) is 16.0. The second-order valence-electron chi connectivity index (χ2n) is 5.00. The van der Waals surface area contributed by atoms with Gasteiger partial charge in [-0.2, -0.15) is 0 Å². The standard InChI is InChI=1S/C15H21N3O3/c1-4-9(2)13(14(16)20)18-15(21)11-5-7-12(8-6-11)17-10(3)19/h5-9,13H,4H2,1-3H3,(H2,16,20)(H,17,19)(H,18,21)/t9-,13-/m1/s1. The molecule has 0 aliphatic carbocycles. The van der Waals surface area contributed by atoms with Crippen LogP contribution in [0.3, 0.4) is 0 Å². The summed E-state index contributed by atoms with van der Waals surface area (Å²) in [5.74, 6) is -1.14. The van der Waals surface area contributed by atoms with E-state index in [2.05, 4.69) is 10.6 Å². The van der Waals surface area contributed by atoms with E-state index in [1.165, 1.54) is 6.92 Å². The van der Waals surface area contributed by atoms with Crippen molar-refractivity contribution < 1.29 is 14.4 Å². The highest BCUT2D eigenvalue weighted by atomic mass is 16.2. The molecule has 2 atom stereocenters. The maximum Gasteiger partial charge on any atom is 0.251 e. The number of nitrogens with two attached hydrogens (primary N) is 1. The lowest BCUT2D eigenvalue weighted by atomic mass is 9.98. The first kappa shape index (κ1) is 16.7. The summed E-state index contributed by atoms with van der Waals surface area (Å²) < 4.78 is 0. The predicted molar refractivity (Wildman–Crippen MR) is 80.6 cm³/mol. The molecule has 0 bridgehead atoms. The third-order valence-electron chi connectivity index (χ3n) is 3.27. The van der Waals surface area contributed by atoms with Crippen molar-refractivity contribution in [2.24, 2.45) is 11.7 Å². The van der Waals surface area contributed by atoms with Crippen molar-refractivity contribution >= 4 is 23.4 Å². The van der Waals surface area contributed by atoms with E-state index in [4.69, 9.17) is 5.73 Å². The molecular weight excluding hydrogens is 270 g/mol. The summed E-state index contributed by atoms with van der Waals surface area (Å²) in [6.07, 6.45) is 0.732. The number of rotatable bonds is 6. The first-order valence-electron chi connectivity index (χ1n) is 6.83. The van der Waals surface area contributed by atoms with Gasteiger partial charge in [-0.1, -0.05) is 20.3 Å². The van der Waals surface area contributed by atoms with Gasteiger partial charge in [0.2, 0.25) is 11.8 Å². The highest BCUT2D eigenvalue weighted by Gasteiger charge is 2.23. The predicted octanol–water partition coefficient (Wildman–Crippen LogP) is 1.27. The SMILES string of the molecule is CC[C@@H](C)[C@@H](NC(=O)c1ccc(NC(C)=O)cc1)C(N)=O. The Labute approximate surface area is 124 Å². The van der Waals surface area contributed by atoms with Gasteiger partial charge in [0.15, 0.2) is 0 Å². The van der Waals surface area contributed by atoms with Crippen LogP contribution in [-0.2, 0) is 9.59 Å². The number of carbonyl (C=O) groups excluding carboxylic acids is 3. The molecule has 1 aromatic rings. The Kier molecular flexibility index (Phi) is 5.90. The minimum absolute atomic E-state index is 0.0369. The Morgan fingerprint density at radius 2 is 1.76 bits per heavy atom. The van der Waals surface area contributed by atoms with Gasteiger partial charge >= 0.3 is 0 Å². The van der Waals surface area contributed by atoms with E-state index in [1.54, 1.807) is 24.3 Å². The molecule has 0 saturated heterocycles. The quantitative estimate of drug-likeness (QED) is 0.735. The van der Waals surface area contributed by atoms with Crippen LogP contribution in [0, 0.1) is 5.92 Å². The molecule has 0 aliphatic rings. The summed E-state index contributed by atoms with van der Waals surface area (Å²) in [7, 11) is 0. The monoisotopic (exact) mass is 291 g/mol. The van der Waals surface area contributed by atoms with E-state index in [9.17, 15) is 14.4 Å². The second-order valence-corrected chi connectivity index (χ2v) is 5.00. The van der Waals surface area contributed by atoms with Gasteiger partial charge in [-0.3, -0.25) is 14.4 Å². The molecule has 21 heavy (non-hydrogen) atoms. The molecule has 4 N–H and O–H groups in total. The van der Waals surface area contributed by atoms with Crippen LogP contribution < -0.4 is 16.4 Å². The Morgan fingerprint density at radius 1 is 1.19 bits per heavy atom. The van der Waals surface area contributed by atoms with Crippen molar-refractivity contribution in [2.45, 2.75) is 33.2 Å². The lowest BCUT2D eigenvalue weighted by Gasteiger charge is -2.21. The summed E-state index contributed by atoms with van der Waals surface area (Å²) in [5.41, 5.74) is 6.32. The van der Waals surface area contributed by atoms with Crippen molar-refractivity contribution in [3.05, 3.63) is 29.8 Å². The smallest absolute Gasteiger partial charge is 0.251 e. The van der Waals surface area contributed by atoms with Crippen molar-refractivity contribution in [2.75, 3.05) is 5.32 Å². The first-order chi connectivity index (χ1) is 9.85. The summed E-state index contributed by atoms with van der Waals surface area (Å²) in [6, 6.07) is 5.71. The number of carbonyl (C=O) groups is 3. The van der Waals surface area contributed by atoms with Gasteiger partial charge in [0.1, 0.15) is 6.04 Å². The van der Waals surface area contributed by atoms with Crippen molar-refractivity contribution in [1.82, 2.24) is 5.32 Å². The molecule has 0 heterocycles. The normalized spacial score (nSPS) is 13.1. The number of nitrogens with one attached hydrogen (secondary N) is 2. The third kappa shape index (κ3) is 4.91. The van der Waals surface area contributed by atoms with Crippen LogP contribution in [0.2, 0.25) is 0 Å². The van der Waals surface area contributed by atoms with Crippen molar-refractivity contribution in [3.63, 3.8) is 0 Å². The van der Waals surface area contributed by atoms with E-state index in [0.717, 1.165) is 6.42 Å². The Bertz CT molecular complexity index is 525. The molecule has 0 saturated carbocycles. The second kappa shape index (κ2) is 7.42. The van der Waals surface area contributed by atoms with Crippen LogP contribution in [0.5, 0.6) is 0 Å². The number of primary amides is 1. The number of hydrogen-bond acceptors (Lipinski definition) is 3. The fourth-order valence-corrected chi connectivity index (χ4v) is 1.86. The Morgan fingerprint density at radius 3 is 2.19 bits per heavy atom. The minimum atomic E-state index is -0.697. The zero-order valence-electron chi connectivity index (χ0n) is 12.5. The van der Waals surface area contributed by atoms with Crippen LogP contribution in [0.15, 0.2) is 24.3 Å². The van der Waals surface area contributed by atoms with E-state index in [1.807, 2.05) is 13.8 Å². The molecule has 1 rings (SSSR count). The molecular formula is C15H21N3O3. The number of anilines is 1. The van der Waals surface area contributed by atoms with E-state index in [0.29, 0.717) is 11.3 Å². The van der Waals surface area contributed by atoms with E-state index in [-0.39, 0.29) is 17.7 Å². The summed E-state index contributed by atoms with van der Waals surface area (Å²) in [5, 5.41) is 5.26. The molecule has 0 spiro atoms. The average Bonchev–Trinajstić information content (AvgIpc) is 2.43. The number of amides is 3. The van der Waals surface area contributed by atoms with Gasteiger partial charge < -0.3 is 16.4 Å². The molecule has 1 aromatic carbocycles. The van der Waals surface area contributed by atoms with Gasteiger partial charge in [-0.25, -0.2) is 0 Å². The fourth-order valence-electron chi connectivity index (χ4n) is 1.86. The fraction of sp³-hybridized carbons (Fsp3) is 0.400. The number of hydrogen-bond donors (Lipinski definition) is 3. The topological polar surface area (TPSA) is 101 Å². The average molecular weight is 291 g/mol. The third-order valence-corrected chi connectivity index (χ3v) is 3.27.